The first kappa shape index (κ1) is 18.9. The molecule has 0 bridgehead atoms. The summed E-state index contributed by atoms with van der Waals surface area (Å²) in [6, 6.07) is 12.5. The molecule has 30 heavy (non-hydrogen) atoms. The Bertz CT molecular complexity index is 1040. The number of hydrogen-bond acceptors (Lipinski definition) is 6. The average Bonchev–Trinajstić information content (AvgIpc) is 3.46. The van der Waals surface area contributed by atoms with Crippen molar-refractivity contribution in [3.63, 3.8) is 0 Å². The first-order chi connectivity index (χ1) is 14.7. The quantitative estimate of drug-likeness (QED) is 0.501. The molecule has 2 aliphatic carbocycles. The number of para-hydroxylation sites is 1. The molecule has 5 N–H and O–H groups in total. The van der Waals surface area contributed by atoms with E-state index >= 15 is 0 Å². The molecule has 2 aliphatic rings. The Labute approximate surface area is 175 Å². The van der Waals surface area contributed by atoms with Crippen LogP contribution < -0.4 is 21.7 Å². The zero-order valence-corrected chi connectivity index (χ0v) is 16.8. The van der Waals surface area contributed by atoms with Gasteiger partial charge in [-0.15, -0.1) is 5.10 Å². The molecule has 2 fully saturated rings. The molecular formula is C22H27N7O. The summed E-state index contributed by atoms with van der Waals surface area (Å²) in [5, 5.41) is 14.7. The van der Waals surface area contributed by atoms with Crippen LogP contribution in [0.25, 0.3) is 5.65 Å². The molecule has 8 nitrogen and oxygen atoms in total. The van der Waals surface area contributed by atoms with Crippen LogP contribution in [0.4, 0.5) is 17.2 Å². The van der Waals surface area contributed by atoms with E-state index in [0.717, 1.165) is 55.7 Å². The van der Waals surface area contributed by atoms with Gasteiger partial charge in [0.1, 0.15) is 5.82 Å². The number of carbonyl (C=O) groups excluding carboxylic acids is 1. The number of anilines is 3. The van der Waals surface area contributed by atoms with Crippen LogP contribution in [0.1, 0.15) is 49.0 Å². The number of benzene rings is 1. The maximum Gasteiger partial charge on any atom is 0.276 e. The molecule has 2 heterocycles. The van der Waals surface area contributed by atoms with E-state index in [1.54, 1.807) is 10.7 Å². The predicted molar refractivity (Wildman–Crippen MR) is 118 cm³/mol. The van der Waals surface area contributed by atoms with Crippen LogP contribution >= 0.6 is 0 Å². The minimum absolute atomic E-state index is 0.237. The Morgan fingerprint density at radius 2 is 1.70 bits per heavy atom. The normalized spacial score (nSPS) is 21.4. The fourth-order valence-corrected chi connectivity index (χ4v) is 3.94. The summed E-state index contributed by atoms with van der Waals surface area (Å²) in [6.45, 7) is 0. The summed E-state index contributed by atoms with van der Waals surface area (Å²) in [7, 11) is 0. The summed E-state index contributed by atoms with van der Waals surface area (Å²) < 4.78 is 1.64. The Hall–Kier alpha value is -3.13. The number of aromatic nitrogens is 3. The second kappa shape index (κ2) is 7.95. The Kier molecular flexibility index (Phi) is 5.00. The van der Waals surface area contributed by atoms with Crippen LogP contribution in [0.5, 0.6) is 0 Å². The summed E-state index contributed by atoms with van der Waals surface area (Å²) in [4.78, 5) is 17.4. The maximum atomic E-state index is 12.9. The molecule has 5 rings (SSSR count). The molecule has 0 spiro atoms. The molecule has 0 radical (unpaired) electrons. The lowest BCUT2D eigenvalue weighted by Gasteiger charge is -2.27. The molecule has 2 saturated carbocycles. The van der Waals surface area contributed by atoms with Crippen LogP contribution in [0.3, 0.4) is 0 Å². The van der Waals surface area contributed by atoms with E-state index in [0.29, 0.717) is 29.5 Å². The van der Waals surface area contributed by atoms with E-state index in [1.165, 1.54) is 0 Å². The van der Waals surface area contributed by atoms with Crippen molar-refractivity contribution in [3.05, 3.63) is 48.3 Å². The van der Waals surface area contributed by atoms with Gasteiger partial charge >= 0.3 is 0 Å². The number of hydrogen-bond donors (Lipinski definition) is 4. The van der Waals surface area contributed by atoms with Crippen molar-refractivity contribution in [1.82, 2.24) is 14.6 Å². The fourth-order valence-electron chi connectivity index (χ4n) is 3.94. The number of amides is 1. The minimum Gasteiger partial charge on any atom is -0.379 e. The zero-order valence-electron chi connectivity index (χ0n) is 16.8. The van der Waals surface area contributed by atoms with E-state index in [2.05, 4.69) is 20.9 Å². The van der Waals surface area contributed by atoms with Gasteiger partial charge in [0.2, 0.25) is 0 Å². The van der Waals surface area contributed by atoms with Crippen LogP contribution in [-0.4, -0.2) is 38.6 Å². The minimum atomic E-state index is -0.237. The van der Waals surface area contributed by atoms with Gasteiger partial charge in [-0.05, 0) is 50.7 Å². The number of nitrogens with one attached hydrogen (secondary N) is 3. The molecule has 1 amide bonds. The summed E-state index contributed by atoms with van der Waals surface area (Å²) >= 11 is 0. The van der Waals surface area contributed by atoms with Crippen molar-refractivity contribution in [2.24, 2.45) is 5.73 Å². The summed E-state index contributed by atoms with van der Waals surface area (Å²) in [5.74, 6) is 0.511. The van der Waals surface area contributed by atoms with Gasteiger partial charge in [0.15, 0.2) is 11.3 Å². The number of imidazole rings is 1. The van der Waals surface area contributed by atoms with Crippen molar-refractivity contribution >= 4 is 28.7 Å². The van der Waals surface area contributed by atoms with E-state index in [9.17, 15) is 4.79 Å². The highest BCUT2D eigenvalue weighted by molar-refractivity contribution is 6.03. The molecule has 1 aromatic carbocycles. The molecule has 0 unspecified atom stereocenters. The third kappa shape index (κ3) is 4.09. The molecule has 3 aromatic rings. The van der Waals surface area contributed by atoms with Gasteiger partial charge in [0, 0.05) is 29.9 Å². The van der Waals surface area contributed by atoms with Gasteiger partial charge in [-0.1, -0.05) is 18.2 Å². The molecule has 0 saturated heterocycles. The average molecular weight is 406 g/mol. The Balaban J connectivity index is 1.45. The van der Waals surface area contributed by atoms with Gasteiger partial charge in [0.05, 0.1) is 11.9 Å². The topological polar surface area (TPSA) is 109 Å². The smallest absolute Gasteiger partial charge is 0.276 e. The van der Waals surface area contributed by atoms with Gasteiger partial charge < -0.3 is 21.7 Å². The summed E-state index contributed by atoms with van der Waals surface area (Å²) in [5.41, 5.74) is 8.75. The lowest BCUT2D eigenvalue weighted by atomic mass is 9.92. The molecular weight excluding hydrogens is 378 g/mol. The third-order valence-electron chi connectivity index (χ3n) is 5.79. The highest BCUT2D eigenvalue weighted by Crippen LogP contribution is 2.29. The Morgan fingerprint density at radius 3 is 2.43 bits per heavy atom. The first-order valence-electron chi connectivity index (χ1n) is 10.7. The molecule has 2 aromatic heterocycles. The van der Waals surface area contributed by atoms with Crippen LogP contribution in [0, 0.1) is 0 Å². The number of carbonyl (C=O) groups is 1. The number of fused-ring (bicyclic) bond motifs is 1. The third-order valence-corrected chi connectivity index (χ3v) is 5.79. The van der Waals surface area contributed by atoms with Crippen LogP contribution in [-0.2, 0) is 0 Å². The molecule has 0 atom stereocenters. The first-order valence-corrected chi connectivity index (χ1v) is 10.7. The monoisotopic (exact) mass is 405 g/mol. The number of nitrogens with zero attached hydrogens (tertiary/aromatic N) is 3. The largest absolute Gasteiger partial charge is 0.379 e. The van der Waals surface area contributed by atoms with Crippen molar-refractivity contribution < 1.29 is 4.79 Å². The number of nitrogens with two attached hydrogens (primary N) is 1. The standard InChI is InChI=1S/C22H27N7O/c23-14-6-8-17(9-7-14)26-20-12-18(25-16-10-11-16)21-24-13-19(29(21)28-20)22(30)27-15-4-2-1-3-5-15/h1-5,12-14,16-17,25H,6-11,23H2,(H,26,28)(H,27,30). The number of rotatable bonds is 6. The van der Waals surface area contributed by atoms with Crippen molar-refractivity contribution in [3.8, 4) is 0 Å². The van der Waals surface area contributed by atoms with Gasteiger partial charge in [0.25, 0.3) is 5.91 Å². The highest BCUT2D eigenvalue weighted by atomic mass is 16.2. The second-order valence-electron chi connectivity index (χ2n) is 8.32. The van der Waals surface area contributed by atoms with Gasteiger partial charge in [-0.25, -0.2) is 9.50 Å². The van der Waals surface area contributed by atoms with E-state index in [1.807, 2.05) is 36.4 Å². The molecule has 156 valence electrons. The van der Waals surface area contributed by atoms with Crippen molar-refractivity contribution in [1.29, 1.82) is 0 Å². The van der Waals surface area contributed by atoms with Crippen molar-refractivity contribution in [2.75, 3.05) is 16.0 Å². The SMILES string of the molecule is NC1CCC(Nc2cc(NC3CC3)c3ncc(C(=O)Nc4ccccc4)n3n2)CC1. The van der Waals surface area contributed by atoms with Crippen LogP contribution in [0.15, 0.2) is 42.6 Å². The lowest BCUT2D eigenvalue weighted by Crippen LogP contribution is -2.33. The van der Waals surface area contributed by atoms with E-state index < -0.39 is 0 Å². The fraction of sp³-hybridized carbons (Fsp3) is 0.409. The predicted octanol–water partition coefficient (Wildman–Crippen LogP) is 3.24. The summed E-state index contributed by atoms with van der Waals surface area (Å²) in [6.07, 6.45) is 7.97. The maximum absolute atomic E-state index is 12.9. The second-order valence-corrected chi connectivity index (χ2v) is 8.32. The highest BCUT2D eigenvalue weighted by Gasteiger charge is 2.25. The lowest BCUT2D eigenvalue weighted by molar-refractivity contribution is 0.102. The van der Waals surface area contributed by atoms with Gasteiger partial charge in [-0.2, -0.15) is 0 Å². The zero-order chi connectivity index (χ0) is 20.5. The van der Waals surface area contributed by atoms with Crippen molar-refractivity contribution in [2.45, 2.75) is 56.7 Å². The van der Waals surface area contributed by atoms with E-state index in [-0.39, 0.29) is 5.91 Å². The molecule has 8 heteroatoms. The van der Waals surface area contributed by atoms with Gasteiger partial charge in [-0.3, -0.25) is 4.79 Å². The molecule has 0 aliphatic heterocycles. The van der Waals surface area contributed by atoms with Crippen LogP contribution in [0.2, 0.25) is 0 Å². The van der Waals surface area contributed by atoms with E-state index in [4.69, 9.17) is 10.8 Å². The Morgan fingerprint density at radius 1 is 1.00 bits per heavy atom.